The van der Waals surface area contributed by atoms with E-state index >= 15 is 0 Å². The Morgan fingerprint density at radius 1 is 1.14 bits per heavy atom. The molecule has 3 N–H and O–H groups in total. The molecule has 0 aliphatic heterocycles. The van der Waals surface area contributed by atoms with Gasteiger partial charge < -0.3 is 5.73 Å². The molecule has 0 saturated carbocycles. The molecule has 0 atom stereocenters. The Balaban J connectivity index is 1.88. The maximum absolute atomic E-state index is 12.7. The zero-order valence-corrected chi connectivity index (χ0v) is 18.9. The van der Waals surface area contributed by atoms with Crippen molar-refractivity contribution in [1.29, 1.82) is 0 Å². The van der Waals surface area contributed by atoms with E-state index < -0.39 is 0 Å². The summed E-state index contributed by atoms with van der Waals surface area (Å²) in [7, 11) is 0. The number of amides is 1. The summed E-state index contributed by atoms with van der Waals surface area (Å²) in [6.07, 6.45) is 0. The summed E-state index contributed by atoms with van der Waals surface area (Å²) in [6.45, 7) is 14.1. The minimum Gasteiger partial charge on any atom is -0.397 e. The third-order valence-corrected chi connectivity index (χ3v) is 7.11. The first-order valence-corrected chi connectivity index (χ1v) is 10.6. The largest absolute Gasteiger partial charge is 0.397 e. The maximum atomic E-state index is 12.7. The summed E-state index contributed by atoms with van der Waals surface area (Å²) >= 11 is 2.90. The number of carbonyl (C=O) groups excluding carboxylic acids is 1. The highest BCUT2D eigenvalue weighted by Gasteiger charge is 2.22. The van der Waals surface area contributed by atoms with Crippen LogP contribution in [0.2, 0.25) is 0 Å². The summed E-state index contributed by atoms with van der Waals surface area (Å²) < 4.78 is 0. The molecule has 0 unspecified atom stereocenters. The third-order valence-electron chi connectivity index (χ3n) is 4.32. The van der Waals surface area contributed by atoms with E-state index in [9.17, 15) is 4.79 Å². The van der Waals surface area contributed by atoms with Gasteiger partial charge in [0.25, 0.3) is 5.91 Å². The van der Waals surface area contributed by atoms with Crippen LogP contribution in [0.25, 0.3) is 10.2 Å². The van der Waals surface area contributed by atoms with Gasteiger partial charge in [-0.2, -0.15) is 5.10 Å². The number of rotatable bonds is 3. The van der Waals surface area contributed by atoms with E-state index in [1.54, 1.807) is 11.3 Å². The fourth-order valence-electron chi connectivity index (χ4n) is 2.93. The number of hydrogen-bond donors (Lipinski definition) is 2. The number of nitrogens with two attached hydrogens (primary N) is 1. The minimum absolute atomic E-state index is 0.0221. The number of aromatic nitrogens is 2. The Morgan fingerprint density at radius 3 is 2.43 bits per heavy atom. The first-order chi connectivity index (χ1) is 13.0. The average molecular weight is 416 g/mol. The van der Waals surface area contributed by atoms with Crippen molar-refractivity contribution in [3.63, 3.8) is 0 Å². The molecule has 0 aliphatic rings. The number of nitrogens with one attached hydrogen (secondary N) is 1. The number of pyridine rings is 1. The fraction of sp³-hybridized carbons (Fsp3) is 0.400. The molecule has 0 aliphatic carbocycles. The van der Waals surface area contributed by atoms with Gasteiger partial charge in [0.05, 0.1) is 27.0 Å². The summed E-state index contributed by atoms with van der Waals surface area (Å²) in [4.78, 5) is 24.0. The van der Waals surface area contributed by atoms with Crippen LogP contribution < -0.4 is 11.2 Å². The quantitative estimate of drug-likeness (QED) is 0.478. The van der Waals surface area contributed by atoms with Crippen LogP contribution in [-0.4, -0.2) is 21.6 Å². The second-order valence-corrected chi connectivity index (χ2v) is 9.93. The molecule has 8 heteroatoms. The summed E-state index contributed by atoms with van der Waals surface area (Å²) in [5, 5.41) is 6.19. The first-order valence-electron chi connectivity index (χ1n) is 8.98. The van der Waals surface area contributed by atoms with Gasteiger partial charge in [-0.1, -0.05) is 20.8 Å². The van der Waals surface area contributed by atoms with Crippen LogP contribution in [0.3, 0.4) is 0 Å². The lowest BCUT2D eigenvalue weighted by Crippen LogP contribution is -2.19. The van der Waals surface area contributed by atoms with Crippen molar-refractivity contribution in [1.82, 2.24) is 15.4 Å². The van der Waals surface area contributed by atoms with E-state index in [1.165, 1.54) is 11.3 Å². The lowest BCUT2D eigenvalue weighted by Gasteiger charge is -2.13. The Labute approximate surface area is 172 Å². The van der Waals surface area contributed by atoms with E-state index in [0.717, 1.165) is 42.8 Å². The molecule has 3 aromatic heterocycles. The molecule has 6 nitrogen and oxygen atoms in total. The molecule has 3 heterocycles. The molecular formula is C20H25N5OS2. The lowest BCUT2D eigenvalue weighted by molar-refractivity contribution is 0.0959. The van der Waals surface area contributed by atoms with E-state index in [2.05, 4.69) is 41.3 Å². The van der Waals surface area contributed by atoms with Crippen molar-refractivity contribution in [2.45, 2.75) is 53.9 Å². The number of nitrogen functional groups attached to an aromatic ring is 1. The van der Waals surface area contributed by atoms with Gasteiger partial charge in [-0.15, -0.1) is 22.7 Å². The molecular weight excluding hydrogens is 390 g/mol. The second-order valence-electron chi connectivity index (χ2n) is 7.93. The van der Waals surface area contributed by atoms with Crippen LogP contribution in [0.5, 0.6) is 0 Å². The summed E-state index contributed by atoms with van der Waals surface area (Å²) in [5.41, 5.74) is 12.9. The molecule has 148 valence electrons. The van der Waals surface area contributed by atoms with Gasteiger partial charge in [-0.05, 0) is 39.3 Å². The second kappa shape index (κ2) is 7.25. The van der Waals surface area contributed by atoms with Crippen molar-refractivity contribution in [3.8, 4) is 0 Å². The number of anilines is 1. The number of nitrogens with zero attached hydrogens (tertiary/aromatic N) is 3. The predicted molar refractivity (Wildman–Crippen MR) is 119 cm³/mol. The van der Waals surface area contributed by atoms with Crippen molar-refractivity contribution >= 4 is 50.2 Å². The van der Waals surface area contributed by atoms with E-state index in [0.29, 0.717) is 10.6 Å². The van der Waals surface area contributed by atoms with Crippen molar-refractivity contribution in [2.75, 3.05) is 5.73 Å². The summed E-state index contributed by atoms with van der Waals surface area (Å²) in [5.74, 6) is -0.324. The molecule has 0 saturated heterocycles. The predicted octanol–water partition coefficient (Wildman–Crippen LogP) is 4.71. The molecule has 0 radical (unpaired) electrons. The van der Waals surface area contributed by atoms with Crippen molar-refractivity contribution < 1.29 is 4.79 Å². The van der Waals surface area contributed by atoms with Gasteiger partial charge in [0.1, 0.15) is 9.71 Å². The molecule has 3 aromatic rings. The Bertz CT molecular complexity index is 1100. The highest BCUT2D eigenvalue weighted by molar-refractivity contribution is 7.21. The Morgan fingerprint density at radius 2 is 1.82 bits per heavy atom. The average Bonchev–Trinajstić information content (AvgIpc) is 3.12. The lowest BCUT2D eigenvalue weighted by atomic mass is 9.98. The number of carbonyl (C=O) groups is 1. The van der Waals surface area contributed by atoms with Crippen LogP contribution in [0.1, 0.15) is 64.2 Å². The van der Waals surface area contributed by atoms with Gasteiger partial charge in [0, 0.05) is 16.5 Å². The molecule has 3 rings (SSSR count). The fourth-order valence-corrected chi connectivity index (χ4v) is 5.10. The maximum Gasteiger partial charge on any atom is 0.283 e. The molecule has 0 bridgehead atoms. The van der Waals surface area contributed by atoms with Crippen molar-refractivity contribution in [3.05, 3.63) is 37.8 Å². The van der Waals surface area contributed by atoms with Gasteiger partial charge in [0.2, 0.25) is 0 Å². The van der Waals surface area contributed by atoms with Crippen LogP contribution in [0, 0.1) is 20.8 Å². The third kappa shape index (κ3) is 3.79. The zero-order valence-electron chi connectivity index (χ0n) is 17.2. The van der Waals surface area contributed by atoms with Crippen LogP contribution in [0.15, 0.2) is 11.2 Å². The normalized spacial score (nSPS) is 12.6. The highest BCUT2D eigenvalue weighted by atomic mass is 32.1. The van der Waals surface area contributed by atoms with Crippen LogP contribution >= 0.6 is 22.7 Å². The molecule has 0 fully saturated rings. The van der Waals surface area contributed by atoms with E-state index in [-0.39, 0.29) is 11.3 Å². The van der Waals surface area contributed by atoms with E-state index in [4.69, 9.17) is 5.73 Å². The van der Waals surface area contributed by atoms with Crippen LogP contribution in [0.4, 0.5) is 5.69 Å². The zero-order chi connectivity index (χ0) is 20.8. The van der Waals surface area contributed by atoms with E-state index in [1.807, 2.05) is 33.8 Å². The molecule has 28 heavy (non-hydrogen) atoms. The Kier molecular flexibility index (Phi) is 5.29. The standard InChI is InChI=1S/C20H25N5OS2/c1-9-8-10(2)22-18-13(9)14(21)16(27-18)17(26)25-24-12(4)15-11(3)23-19(28-15)20(5,6)7/h8H,21H2,1-7H3,(H,25,26). The summed E-state index contributed by atoms with van der Waals surface area (Å²) in [6, 6.07) is 1.97. The molecule has 1 amide bonds. The SMILES string of the molecule is CC(=NNC(=O)c1sc2nc(C)cc(C)c2c1N)c1sc(C(C)(C)C)nc1C. The number of hydrazone groups is 1. The van der Waals surface area contributed by atoms with Crippen molar-refractivity contribution in [2.24, 2.45) is 5.10 Å². The highest BCUT2D eigenvalue weighted by Crippen LogP contribution is 2.35. The van der Waals surface area contributed by atoms with Gasteiger partial charge in [0.15, 0.2) is 0 Å². The Hall–Kier alpha value is -2.32. The molecule has 0 aromatic carbocycles. The smallest absolute Gasteiger partial charge is 0.283 e. The topological polar surface area (TPSA) is 93.3 Å². The minimum atomic E-state index is -0.324. The van der Waals surface area contributed by atoms with Gasteiger partial charge in [-0.3, -0.25) is 4.79 Å². The van der Waals surface area contributed by atoms with Gasteiger partial charge in [-0.25, -0.2) is 15.4 Å². The molecule has 0 spiro atoms. The van der Waals surface area contributed by atoms with Crippen LogP contribution in [-0.2, 0) is 5.41 Å². The number of thiophene rings is 1. The number of hydrogen-bond acceptors (Lipinski definition) is 7. The monoisotopic (exact) mass is 415 g/mol. The van der Waals surface area contributed by atoms with Gasteiger partial charge >= 0.3 is 0 Å². The number of aryl methyl sites for hydroxylation is 3. The number of thiazole rings is 1. The first kappa shape index (κ1) is 20.4. The number of fused-ring (bicyclic) bond motifs is 1.